The Morgan fingerprint density at radius 2 is 1.95 bits per heavy atom. The van der Waals surface area contributed by atoms with Crippen molar-refractivity contribution in [1.82, 2.24) is 5.32 Å². The molecule has 0 aliphatic carbocycles. The van der Waals surface area contributed by atoms with E-state index < -0.39 is 35.2 Å². The van der Waals surface area contributed by atoms with Crippen LogP contribution in [-0.4, -0.2) is 39.0 Å². The molecule has 1 atom stereocenters. The summed E-state index contributed by atoms with van der Waals surface area (Å²) >= 11 is 3.01. The Labute approximate surface area is 125 Å². The predicted octanol–water partition coefficient (Wildman–Crippen LogP) is 1.01. The van der Waals surface area contributed by atoms with Crippen LogP contribution in [0.5, 0.6) is 0 Å². The van der Waals surface area contributed by atoms with Gasteiger partial charge in [-0.3, -0.25) is 19.7 Å². The van der Waals surface area contributed by atoms with Gasteiger partial charge in [-0.05, 0) is 22.0 Å². The summed E-state index contributed by atoms with van der Waals surface area (Å²) in [4.78, 5) is 43.2. The summed E-state index contributed by atoms with van der Waals surface area (Å²) in [6.07, 6.45) is -0.812. The van der Waals surface area contributed by atoms with E-state index in [4.69, 9.17) is 10.2 Å². The second-order valence-electron chi connectivity index (χ2n) is 3.88. The molecule has 0 fully saturated rings. The van der Waals surface area contributed by atoms with Crippen molar-refractivity contribution in [2.75, 3.05) is 0 Å². The highest BCUT2D eigenvalue weighted by Gasteiger charge is 2.25. The minimum atomic E-state index is -1.64. The molecule has 1 aromatic rings. The second kappa shape index (κ2) is 6.79. The van der Waals surface area contributed by atoms with E-state index in [0.29, 0.717) is 0 Å². The van der Waals surface area contributed by atoms with Crippen LogP contribution in [0.2, 0.25) is 0 Å². The summed E-state index contributed by atoms with van der Waals surface area (Å²) in [6.45, 7) is 0. The molecule has 0 bridgehead atoms. The van der Waals surface area contributed by atoms with Gasteiger partial charge in [0.2, 0.25) is 0 Å². The number of amides is 1. The molecule has 1 rings (SSSR count). The van der Waals surface area contributed by atoms with Gasteiger partial charge in [0.25, 0.3) is 11.6 Å². The molecular formula is C11H9BrN2O7. The molecule has 0 aliphatic heterocycles. The average molecular weight is 361 g/mol. The van der Waals surface area contributed by atoms with E-state index in [0.717, 1.165) is 12.1 Å². The van der Waals surface area contributed by atoms with E-state index in [1.165, 1.54) is 6.07 Å². The molecule has 10 heteroatoms. The van der Waals surface area contributed by atoms with Crippen molar-refractivity contribution in [2.45, 2.75) is 12.5 Å². The molecule has 0 saturated heterocycles. The molecule has 0 radical (unpaired) electrons. The first-order valence-electron chi connectivity index (χ1n) is 5.41. The third kappa shape index (κ3) is 4.53. The molecule has 3 N–H and O–H groups in total. The maximum Gasteiger partial charge on any atom is 0.326 e. The maximum atomic E-state index is 11.9. The third-order valence-corrected chi connectivity index (χ3v) is 3.08. The number of nitrogens with zero attached hydrogens (tertiary/aromatic N) is 1. The Kier molecular flexibility index (Phi) is 5.36. The fraction of sp³-hybridized carbons (Fsp3) is 0.182. The Hall–Kier alpha value is -2.49. The summed E-state index contributed by atoms with van der Waals surface area (Å²) in [7, 11) is 0. The quantitative estimate of drug-likeness (QED) is 0.506. The van der Waals surface area contributed by atoms with Crippen molar-refractivity contribution in [3.05, 3.63) is 38.3 Å². The Morgan fingerprint density at radius 1 is 1.33 bits per heavy atom. The first kappa shape index (κ1) is 16.6. The number of carbonyl (C=O) groups is 3. The van der Waals surface area contributed by atoms with Crippen LogP contribution in [0.3, 0.4) is 0 Å². The summed E-state index contributed by atoms with van der Waals surface area (Å²) in [6, 6.07) is 1.74. The van der Waals surface area contributed by atoms with Crippen molar-refractivity contribution >= 4 is 39.5 Å². The summed E-state index contributed by atoms with van der Waals surface area (Å²) in [5.74, 6) is -3.85. The summed E-state index contributed by atoms with van der Waals surface area (Å²) in [5.41, 5.74) is -0.519. The lowest BCUT2D eigenvalue weighted by atomic mass is 10.1. The number of carboxylic acids is 2. The first-order valence-corrected chi connectivity index (χ1v) is 6.21. The number of non-ortho nitro benzene ring substituents is 1. The lowest BCUT2D eigenvalue weighted by molar-refractivity contribution is -0.384. The molecule has 0 spiro atoms. The van der Waals surface area contributed by atoms with Gasteiger partial charge in [-0.15, -0.1) is 0 Å². The normalized spacial score (nSPS) is 11.5. The van der Waals surface area contributed by atoms with Gasteiger partial charge in [0.05, 0.1) is 16.9 Å². The fourth-order valence-corrected chi connectivity index (χ4v) is 1.84. The second-order valence-corrected chi connectivity index (χ2v) is 4.74. The zero-order valence-corrected chi connectivity index (χ0v) is 11.9. The Bertz CT molecular complexity index is 617. The lowest BCUT2D eigenvalue weighted by Gasteiger charge is -2.13. The number of rotatable bonds is 6. The largest absolute Gasteiger partial charge is 0.481 e. The zero-order chi connectivity index (χ0) is 16.2. The number of nitro groups is 1. The highest BCUT2D eigenvalue weighted by Crippen LogP contribution is 2.22. The fourth-order valence-electron chi connectivity index (χ4n) is 1.41. The first-order chi connectivity index (χ1) is 9.72. The van der Waals surface area contributed by atoms with Crippen molar-refractivity contribution in [3.63, 3.8) is 0 Å². The van der Waals surface area contributed by atoms with E-state index >= 15 is 0 Å². The average Bonchev–Trinajstić information content (AvgIpc) is 2.37. The number of nitrogens with one attached hydrogen (secondary N) is 1. The van der Waals surface area contributed by atoms with E-state index in [2.05, 4.69) is 15.9 Å². The van der Waals surface area contributed by atoms with Gasteiger partial charge in [0.15, 0.2) is 0 Å². The number of halogens is 1. The molecule has 0 heterocycles. The molecule has 0 aliphatic rings. The molecular weight excluding hydrogens is 352 g/mol. The number of nitro benzene ring substituents is 1. The van der Waals surface area contributed by atoms with Gasteiger partial charge in [-0.25, -0.2) is 4.79 Å². The van der Waals surface area contributed by atoms with Crippen molar-refractivity contribution in [1.29, 1.82) is 0 Å². The Balaban J connectivity index is 3.02. The maximum absolute atomic E-state index is 11.9. The van der Waals surface area contributed by atoms with Gasteiger partial charge in [-0.2, -0.15) is 0 Å². The molecule has 21 heavy (non-hydrogen) atoms. The summed E-state index contributed by atoms with van der Waals surface area (Å²) < 4.78 is 0.213. The van der Waals surface area contributed by atoms with Crippen LogP contribution in [0.15, 0.2) is 22.7 Å². The zero-order valence-electron chi connectivity index (χ0n) is 10.3. The van der Waals surface area contributed by atoms with Crippen LogP contribution in [0.1, 0.15) is 16.8 Å². The van der Waals surface area contributed by atoms with Crippen LogP contribution < -0.4 is 5.32 Å². The van der Waals surface area contributed by atoms with Crippen molar-refractivity contribution in [2.24, 2.45) is 0 Å². The van der Waals surface area contributed by atoms with E-state index in [1.54, 1.807) is 0 Å². The highest BCUT2D eigenvalue weighted by atomic mass is 79.9. The van der Waals surface area contributed by atoms with Crippen molar-refractivity contribution in [3.8, 4) is 0 Å². The SMILES string of the molecule is O=C(O)C[C@H](NC(=O)c1cc([N+](=O)[O-])ccc1Br)C(=O)O. The number of benzene rings is 1. The smallest absolute Gasteiger partial charge is 0.326 e. The van der Waals surface area contributed by atoms with Crippen molar-refractivity contribution < 1.29 is 29.5 Å². The molecule has 0 unspecified atom stereocenters. The molecule has 0 saturated carbocycles. The third-order valence-electron chi connectivity index (χ3n) is 2.39. The van der Waals surface area contributed by atoms with Gasteiger partial charge >= 0.3 is 11.9 Å². The minimum absolute atomic E-state index is 0.166. The molecule has 9 nitrogen and oxygen atoms in total. The Morgan fingerprint density at radius 3 is 2.43 bits per heavy atom. The van der Waals surface area contributed by atoms with Crippen LogP contribution in [0, 0.1) is 10.1 Å². The van der Waals surface area contributed by atoms with Crippen LogP contribution in [-0.2, 0) is 9.59 Å². The highest BCUT2D eigenvalue weighted by molar-refractivity contribution is 9.10. The molecule has 1 aromatic carbocycles. The van der Waals surface area contributed by atoms with Gasteiger partial charge in [0.1, 0.15) is 6.04 Å². The molecule has 112 valence electrons. The number of carbonyl (C=O) groups excluding carboxylic acids is 1. The van der Waals surface area contributed by atoms with E-state index in [9.17, 15) is 24.5 Å². The van der Waals surface area contributed by atoms with E-state index in [1.807, 2.05) is 5.32 Å². The molecule has 1 amide bonds. The number of carboxylic acid groups (broad SMARTS) is 2. The van der Waals surface area contributed by atoms with Crippen LogP contribution >= 0.6 is 15.9 Å². The van der Waals surface area contributed by atoms with Gasteiger partial charge in [-0.1, -0.05) is 0 Å². The minimum Gasteiger partial charge on any atom is -0.481 e. The number of hydrogen-bond donors (Lipinski definition) is 3. The number of aliphatic carboxylic acids is 2. The monoisotopic (exact) mass is 360 g/mol. The van der Waals surface area contributed by atoms with E-state index in [-0.39, 0.29) is 15.7 Å². The van der Waals surface area contributed by atoms with Gasteiger partial charge in [0, 0.05) is 16.6 Å². The predicted molar refractivity (Wildman–Crippen MR) is 71.9 cm³/mol. The molecule has 0 aromatic heterocycles. The van der Waals surface area contributed by atoms with Crippen LogP contribution in [0.25, 0.3) is 0 Å². The standard InChI is InChI=1S/C11H9BrN2O7/c12-7-2-1-5(14(20)21)3-6(7)10(17)13-8(11(18)19)4-9(15)16/h1-3,8H,4H2,(H,13,17)(H,15,16)(H,18,19)/t8-/m0/s1. The van der Waals surface area contributed by atoms with Crippen LogP contribution in [0.4, 0.5) is 5.69 Å². The number of hydrogen-bond acceptors (Lipinski definition) is 5. The van der Waals surface area contributed by atoms with Gasteiger partial charge < -0.3 is 15.5 Å². The topological polar surface area (TPSA) is 147 Å². The summed E-state index contributed by atoms with van der Waals surface area (Å²) in [5, 5.41) is 30.1. The lowest BCUT2D eigenvalue weighted by Crippen LogP contribution is -2.42.